The number of carbonyl (C=O) groups is 2. The fraction of sp³-hybridized carbons (Fsp3) is 0.526. The molecule has 7 heteroatoms. The number of amides is 2. The number of nitrogens with zero attached hydrogens (tertiary/aromatic N) is 4. The number of aromatic nitrogens is 2. The van der Waals surface area contributed by atoms with Gasteiger partial charge >= 0.3 is 0 Å². The second-order valence-corrected chi connectivity index (χ2v) is 7.63. The first-order valence-electron chi connectivity index (χ1n) is 9.23. The number of hydrogen-bond donors (Lipinski definition) is 1. The molecule has 1 N–H and O–H groups in total. The summed E-state index contributed by atoms with van der Waals surface area (Å²) >= 11 is 0. The number of hydrogen-bond acceptors (Lipinski definition) is 4. The largest absolute Gasteiger partial charge is 0.347 e. The van der Waals surface area contributed by atoms with E-state index in [1.807, 2.05) is 29.3 Å². The highest BCUT2D eigenvalue weighted by Gasteiger charge is 2.37. The quantitative estimate of drug-likeness (QED) is 0.887. The monoisotopic (exact) mass is 355 g/mol. The van der Waals surface area contributed by atoms with Crippen molar-refractivity contribution in [1.29, 1.82) is 0 Å². The van der Waals surface area contributed by atoms with Gasteiger partial charge in [0.05, 0.1) is 29.2 Å². The third-order valence-corrected chi connectivity index (χ3v) is 5.66. The van der Waals surface area contributed by atoms with Crippen LogP contribution in [-0.2, 0) is 4.79 Å². The van der Waals surface area contributed by atoms with Crippen molar-refractivity contribution in [3.63, 3.8) is 0 Å². The standard InChI is InChI=1S/C19H25N5O2/c1-13-10-23(19(26)14-6-9-22(2)11-14)12-16(13)21-18(25)15-4-3-8-24-17(15)5-7-20-24/h3-5,7-8,13-14,16H,6,9-12H2,1-2H3,(H,21,25)/t13-,14+,16+/m1/s1. The first-order valence-corrected chi connectivity index (χ1v) is 9.23. The number of nitrogens with one attached hydrogen (secondary N) is 1. The number of pyridine rings is 1. The molecule has 2 aromatic rings. The Labute approximate surface area is 152 Å². The zero-order valence-electron chi connectivity index (χ0n) is 15.3. The van der Waals surface area contributed by atoms with Crippen molar-refractivity contribution in [2.45, 2.75) is 19.4 Å². The molecular formula is C19H25N5O2. The molecular weight excluding hydrogens is 330 g/mol. The summed E-state index contributed by atoms with van der Waals surface area (Å²) in [4.78, 5) is 29.7. The number of likely N-dealkylation sites (tertiary alicyclic amines) is 2. The molecule has 2 aliphatic rings. The van der Waals surface area contributed by atoms with E-state index in [0.717, 1.165) is 25.0 Å². The van der Waals surface area contributed by atoms with Gasteiger partial charge in [-0.2, -0.15) is 5.10 Å². The highest BCUT2D eigenvalue weighted by molar-refractivity contribution is 6.00. The summed E-state index contributed by atoms with van der Waals surface area (Å²) in [6, 6.07) is 5.44. The van der Waals surface area contributed by atoms with Gasteiger partial charge in [-0.15, -0.1) is 0 Å². The number of carbonyl (C=O) groups excluding carboxylic acids is 2. The van der Waals surface area contributed by atoms with Gasteiger partial charge in [-0.1, -0.05) is 6.92 Å². The second kappa shape index (κ2) is 6.72. The lowest BCUT2D eigenvalue weighted by molar-refractivity contribution is -0.134. The van der Waals surface area contributed by atoms with Gasteiger partial charge in [0.1, 0.15) is 0 Å². The Kier molecular flexibility index (Phi) is 4.40. The molecule has 138 valence electrons. The predicted octanol–water partition coefficient (Wildman–Crippen LogP) is 0.863. The molecule has 4 rings (SSSR count). The van der Waals surface area contributed by atoms with Crippen LogP contribution in [0.4, 0.5) is 0 Å². The third kappa shape index (κ3) is 3.07. The number of rotatable bonds is 3. The van der Waals surface area contributed by atoms with Crippen LogP contribution >= 0.6 is 0 Å². The normalized spacial score (nSPS) is 26.5. The van der Waals surface area contributed by atoms with Crippen LogP contribution < -0.4 is 5.32 Å². The van der Waals surface area contributed by atoms with E-state index in [9.17, 15) is 9.59 Å². The third-order valence-electron chi connectivity index (χ3n) is 5.66. The molecule has 26 heavy (non-hydrogen) atoms. The van der Waals surface area contributed by atoms with E-state index in [4.69, 9.17) is 0 Å². The molecule has 0 aliphatic carbocycles. The molecule has 2 fully saturated rings. The highest BCUT2D eigenvalue weighted by atomic mass is 16.2. The molecule has 2 aliphatic heterocycles. The number of fused-ring (bicyclic) bond motifs is 1. The highest BCUT2D eigenvalue weighted by Crippen LogP contribution is 2.23. The summed E-state index contributed by atoms with van der Waals surface area (Å²) in [6.07, 6.45) is 4.44. The average Bonchev–Trinajstić information content (AvgIpc) is 3.34. The van der Waals surface area contributed by atoms with Gasteiger partial charge in [0, 0.05) is 25.8 Å². The Hall–Kier alpha value is -2.41. The van der Waals surface area contributed by atoms with E-state index < -0.39 is 0 Å². The summed E-state index contributed by atoms with van der Waals surface area (Å²) in [5.41, 5.74) is 1.40. The molecule has 4 heterocycles. The van der Waals surface area contributed by atoms with Gasteiger partial charge in [-0.3, -0.25) is 9.59 Å². The first-order chi connectivity index (χ1) is 12.5. The lowest BCUT2D eigenvalue weighted by Gasteiger charge is -2.21. The maximum Gasteiger partial charge on any atom is 0.253 e. The SMILES string of the molecule is C[C@@H]1CN(C(=O)[C@H]2CCN(C)C2)C[C@@H]1NC(=O)c1cccn2nccc12. The Bertz CT molecular complexity index is 832. The zero-order chi connectivity index (χ0) is 18.3. The molecule has 0 unspecified atom stereocenters. The Morgan fingerprint density at radius 3 is 2.85 bits per heavy atom. The van der Waals surface area contributed by atoms with Crippen molar-refractivity contribution in [2.24, 2.45) is 11.8 Å². The Balaban J connectivity index is 1.43. The minimum atomic E-state index is -0.108. The van der Waals surface area contributed by atoms with Crippen LogP contribution in [0.5, 0.6) is 0 Å². The van der Waals surface area contributed by atoms with Crippen LogP contribution in [-0.4, -0.2) is 70.5 Å². The van der Waals surface area contributed by atoms with E-state index in [1.54, 1.807) is 10.7 Å². The molecule has 0 bridgehead atoms. The molecule has 7 nitrogen and oxygen atoms in total. The zero-order valence-corrected chi connectivity index (χ0v) is 15.3. The molecule has 0 saturated carbocycles. The molecule has 0 aromatic carbocycles. The van der Waals surface area contributed by atoms with Crippen molar-refractivity contribution in [3.8, 4) is 0 Å². The van der Waals surface area contributed by atoms with Crippen molar-refractivity contribution >= 4 is 17.3 Å². The second-order valence-electron chi connectivity index (χ2n) is 7.63. The fourth-order valence-corrected chi connectivity index (χ4v) is 4.12. The van der Waals surface area contributed by atoms with Crippen LogP contribution in [0.2, 0.25) is 0 Å². The van der Waals surface area contributed by atoms with E-state index in [-0.39, 0.29) is 29.7 Å². The van der Waals surface area contributed by atoms with E-state index in [2.05, 4.69) is 29.3 Å². The average molecular weight is 355 g/mol. The van der Waals surface area contributed by atoms with Crippen LogP contribution in [0.25, 0.3) is 5.52 Å². The van der Waals surface area contributed by atoms with Crippen LogP contribution in [0.3, 0.4) is 0 Å². The van der Waals surface area contributed by atoms with Gasteiger partial charge < -0.3 is 15.1 Å². The molecule has 3 atom stereocenters. The van der Waals surface area contributed by atoms with Crippen molar-refractivity contribution in [1.82, 2.24) is 24.7 Å². The lowest BCUT2D eigenvalue weighted by atomic mass is 10.1. The summed E-state index contributed by atoms with van der Waals surface area (Å²) in [7, 11) is 2.06. The van der Waals surface area contributed by atoms with E-state index in [1.165, 1.54) is 0 Å². The summed E-state index contributed by atoms with van der Waals surface area (Å²) in [6.45, 7) is 5.22. The van der Waals surface area contributed by atoms with Crippen molar-refractivity contribution < 1.29 is 9.59 Å². The van der Waals surface area contributed by atoms with Gasteiger partial charge in [-0.05, 0) is 44.1 Å². The minimum Gasteiger partial charge on any atom is -0.347 e. The summed E-state index contributed by atoms with van der Waals surface area (Å²) < 4.78 is 1.69. The predicted molar refractivity (Wildman–Crippen MR) is 97.8 cm³/mol. The Morgan fingerprint density at radius 1 is 1.23 bits per heavy atom. The molecule has 2 saturated heterocycles. The van der Waals surface area contributed by atoms with Gasteiger partial charge in [-0.25, -0.2) is 4.52 Å². The van der Waals surface area contributed by atoms with Crippen molar-refractivity contribution in [3.05, 3.63) is 36.2 Å². The summed E-state index contributed by atoms with van der Waals surface area (Å²) in [5, 5.41) is 7.30. The van der Waals surface area contributed by atoms with Crippen LogP contribution in [0, 0.1) is 11.8 Å². The topological polar surface area (TPSA) is 70.0 Å². The molecule has 0 spiro atoms. The molecule has 2 aromatic heterocycles. The maximum absolute atomic E-state index is 12.8. The van der Waals surface area contributed by atoms with Gasteiger partial charge in [0.2, 0.25) is 5.91 Å². The maximum atomic E-state index is 12.8. The lowest BCUT2D eigenvalue weighted by Crippen LogP contribution is -2.41. The Morgan fingerprint density at radius 2 is 2.08 bits per heavy atom. The van der Waals surface area contributed by atoms with Gasteiger partial charge in [0.25, 0.3) is 5.91 Å². The first kappa shape index (κ1) is 17.0. The molecule has 0 radical (unpaired) electrons. The fourth-order valence-electron chi connectivity index (χ4n) is 4.12. The van der Waals surface area contributed by atoms with E-state index >= 15 is 0 Å². The van der Waals surface area contributed by atoms with Gasteiger partial charge in [0.15, 0.2) is 0 Å². The van der Waals surface area contributed by atoms with Crippen molar-refractivity contribution in [2.75, 3.05) is 33.2 Å². The minimum absolute atomic E-state index is 0.0197. The van der Waals surface area contributed by atoms with Crippen LogP contribution in [0.1, 0.15) is 23.7 Å². The summed E-state index contributed by atoms with van der Waals surface area (Å²) in [5.74, 6) is 0.465. The molecule has 2 amide bonds. The van der Waals surface area contributed by atoms with Crippen LogP contribution in [0.15, 0.2) is 30.6 Å². The van der Waals surface area contributed by atoms with E-state index in [0.29, 0.717) is 18.7 Å². The smallest absolute Gasteiger partial charge is 0.253 e.